The molecule has 1 rings (SSSR count). The first-order chi connectivity index (χ1) is 8.70. The number of hydrogen-bond acceptors (Lipinski definition) is 3. The van der Waals surface area contributed by atoms with E-state index in [2.05, 4.69) is 15.9 Å². The van der Waals surface area contributed by atoms with E-state index in [0.717, 1.165) is 6.26 Å². The maximum absolute atomic E-state index is 13.8. The summed E-state index contributed by atoms with van der Waals surface area (Å²) < 4.78 is 35.9. The summed E-state index contributed by atoms with van der Waals surface area (Å²) in [6.07, 6.45) is 2.51. The zero-order chi connectivity index (χ0) is 14.6. The van der Waals surface area contributed by atoms with Gasteiger partial charge in [0.2, 0.25) is 5.91 Å². The Morgan fingerprint density at radius 1 is 1.37 bits per heavy atom. The van der Waals surface area contributed by atoms with Gasteiger partial charge in [-0.05, 0) is 52.9 Å². The molecule has 19 heavy (non-hydrogen) atoms. The number of benzene rings is 1. The molecule has 1 amide bonds. The Morgan fingerprint density at radius 2 is 2.00 bits per heavy atom. The quantitative estimate of drug-likeness (QED) is 0.796. The van der Waals surface area contributed by atoms with E-state index in [4.69, 9.17) is 5.73 Å². The average Bonchev–Trinajstić information content (AvgIpc) is 2.27. The van der Waals surface area contributed by atoms with Crippen LogP contribution in [0, 0.1) is 5.82 Å². The Balaban J connectivity index is 2.75. The number of carbonyl (C=O) groups is 1. The minimum atomic E-state index is -3.00. The van der Waals surface area contributed by atoms with Gasteiger partial charge >= 0.3 is 0 Å². The van der Waals surface area contributed by atoms with E-state index in [1.54, 1.807) is 0 Å². The van der Waals surface area contributed by atoms with Gasteiger partial charge in [0.05, 0.1) is 4.47 Å². The molecule has 0 aliphatic heterocycles. The van der Waals surface area contributed by atoms with Crippen molar-refractivity contribution in [3.05, 3.63) is 33.5 Å². The molecule has 0 aliphatic rings. The highest BCUT2D eigenvalue weighted by Gasteiger charge is 2.12. The van der Waals surface area contributed by atoms with Crippen LogP contribution in [-0.2, 0) is 16.3 Å². The Hall–Kier alpha value is -0.950. The lowest BCUT2D eigenvalue weighted by molar-refractivity contribution is 0.1000. The molecular weight excluding hydrogens is 337 g/mol. The first kappa shape index (κ1) is 16.1. The van der Waals surface area contributed by atoms with Gasteiger partial charge in [0.1, 0.15) is 15.7 Å². The Kier molecular flexibility index (Phi) is 5.49. The van der Waals surface area contributed by atoms with Gasteiger partial charge in [-0.25, -0.2) is 12.8 Å². The lowest BCUT2D eigenvalue weighted by Gasteiger charge is -2.07. The van der Waals surface area contributed by atoms with Crippen molar-refractivity contribution in [2.75, 3.05) is 12.0 Å². The van der Waals surface area contributed by atoms with Gasteiger partial charge in [-0.1, -0.05) is 0 Å². The van der Waals surface area contributed by atoms with E-state index >= 15 is 0 Å². The Bertz CT molecular complexity index is 587. The van der Waals surface area contributed by atoms with Crippen LogP contribution in [0.3, 0.4) is 0 Å². The van der Waals surface area contributed by atoms with E-state index in [1.165, 1.54) is 12.1 Å². The number of nitrogens with two attached hydrogens (primary N) is 1. The van der Waals surface area contributed by atoms with Gasteiger partial charge in [-0.3, -0.25) is 4.79 Å². The largest absolute Gasteiger partial charge is 0.366 e. The second-order valence-corrected chi connectivity index (χ2v) is 7.50. The first-order valence-corrected chi connectivity index (χ1v) is 8.51. The summed E-state index contributed by atoms with van der Waals surface area (Å²) in [6, 6.07) is 2.74. The van der Waals surface area contributed by atoms with E-state index in [1.807, 2.05) is 0 Å². The third kappa shape index (κ3) is 5.28. The number of rotatable bonds is 6. The van der Waals surface area contributed by atoms with E-state index < -0.39 is 21.6 Å². The standard InChI is InChI=1S/C12H15BrFNO3S/c1-19(17,18)5-3-2-4-8-6-9(12(15)16)7-10(13)11(8)14/h6-7H,2-5H2,1H3,(H2,15,16). The number of halogens is 2. The highest BCUT2D eigenvalue weighted by atomic mass is 79.9. The average molecular weight is 352 g/mol. The predicted molar refractivity (Wildman–Crippen MR) is 75.3 cm³/mol. The minimum Gasteiger partial charge on any atom is -0.366 e. The molecule has 0 aliphatic carbocycles. The predicted octanol–water partition coefficient (Wildman–Crippen LogP) is 2.05. The number of carbonyl (C=O) groups excluding carboxylic acids is 1. The molecular formula is C12H15BrFNO3S. The fourth-order valence-corrected chi connectivity index (χ4v) is 2.88. The van der Waals surface area contributed by atoms with Crippen LogP contribution in [0.1, 0.15) is 28.8 Å². The summed E-state index contributed by atoms with van der Waals surface area (Å²) in [7, 11) is -3.00. The van der Waals surface area contributed by atoms with Gasteiger partial charge in [0.15, 0.2) is 0 Å². The van der Waals surface area contributed by atoms with Crippen molar-refractivity contribution in [1.29, 1.82) is 0 Å². The molecule has 0 atom stereocenters. The van der Waals surface area contributed by atoms with Gasteiger partial charge in [0.25, 0.3) is 0 Å². The van der Waals surface area contributed by atoms with Crippen LogP contribution in [0.2, 0.25) is 0 Å². The van der Waals surface area contributed by atoms with Crippen molar-refractivity contribution >= 4 is 31.7 Å². The molecule has 1 aromatic carbocycles. The molecule has 1 aromatic rings. The summed E-state index contributed by atoms with van der Waals surface area (Å²) in [5.41, 5.74) is 5.74. The molecule has 0 saturated heterocycles. The van der Waals surface area contributed by atoms with Crippen molar-refractivity contribution in [2.45, 2.75) is 19.3 Å². The number of amides is 1. The number of aryl methyl sites for hydroxylation is 1. The van der Waals surface area contributed by atoms with Crippen LogP contribution in [0.25, 0.3) is 0 Å². The third-order valence-electron chi connectivity index (χ3n) is 2.60. The van der Waals surface area contributed by atoms with Crippen LogP contribution >= 0.6 is 15.9 Å². The molecule has 106 valence electrons. The molecule has 0 heterocycles. The normalized spacial score (nSPS) is 11.5. The Labute approximate surface area is 120 Å². The van der Waals surface area contributed by atoms with E-state index in [9.17, 15) is 17.6 Å². The van der Waals surface area contributed by atoms with Crippen LogP contribution in [0.5, 0.6) is 0 Å². The summed E-state index contributed by atoms with van der Waals surface area (Å²) in [5, 5.41) is 0. The number of hydrogen-bond donors (Lipinski definition) is 1. The van der Waals surface area contributed by atoms with Gasteiger partial charge in [0, 0.05) is 17.6 Å². The van der Waals surface area contributed by atoms with Crippen LogP contribution in [0.15, 0.2) is 16.6 Å². The number of primary amides is 1. The molecule has 2 N–H and O–H groups in total. The van der Waals surface area contributed by atoms with Crippen LogP contribution in [-0.4, -0.2) is 26.3 Å². The van der Waals surface area contributed by atoms with Crippen LogP contribution in [0.4, 0.5) is 4.39 Å². The highest BCUT2D eigenvalue weighted by Crippen LogP contribution is 2.22. The lowest BCUT2D eigenvalue weighted by Crippen LogP contribution is -2.12. The van der Waals surface area contributed by atoms with Crippen molar-refractivity contribution in [3.63, 3.8) is 0 Å². The van der Waals surface area contributed by atoms with Crippen molar-refractivity contribution in [1.82, 2.24) is 0 Å². The van der Waals surface area contributed by atoms with Gasteiger partial charge in [-0.15, -0.1) is 0 Å². The molecule has 4 nitrogen and oxygen atoms in total. The molecule has 7 heteroatoms. The van der Waals surface area contributed by atoms with Crippen LogP contribution < -0.4 is 5.73 Å². The summed E-state index contributed by atoms with van der Waals surface area (Å²) >= 11 is 3.03. The summed E-state index contributed by atoms with van der Waals surface area (Å²) in [5.74, 6) is -0.992. The summed E-state index contributed by atoms with van der Waals surface area (Å²) in [4.78, 5) is 11.1. The van der Waals surface area contributed by atoms with Crippen molar-refractivity contribution in [2.24, 2.45) is 5.73 Å². The van der Waals surface area contributed by atoms with E-state index in [0.29, 0.717) is 24.8 Å². The fraction of sp³-hybridized carbons (Fsp3) is 0.417. The molecule has 0 radical (unpaired) electrons. The fourth-order valence-electron chi connectivity index (χ4n) is 1.65. The smallest absolute Gasteiger partial charge is 0.248 e. The second kappa shape index (κ2) is 6.47. The summed E-state index contributed by atoms with van der Waals surface area (Å²) in [6.45, 7) is 0. The van der Waals surface area contributed by atoms with Gasteiger partial charge in [-0.2, -0.15) is 0 Å². The number of unbranched alkanes of at least 4 members (excludes halogenated alkanes) is 1. The minimum absolute atomic E-state index is 0.0747. The van der Waals surface area contributed by atoms with E-state index in [-0.39, 0.29) is 15.8 Å². The molecule has 0 fully saturated rings. The zero-order valence-electron chi connectivity index (χ0n) is 10.4. The Morgan fingerprint density at radius 3 is 2.53 bits per heavy atom. The third-order valence-corrected chi connectivity index (χ3v) is 4.21. The molecule has 0 saturated carbocycles. The maximum Gasteiger partial charge on any atom is 0.248 e. The second-order valence-electron chi connectivity index (χ2n) is 4.38. The maximum atomic E-state index is 13.8. The van der Waals surface area contributed by atoms with Crippen molar-refractivity contribution < 1.29 is 17.6 Å². The topological polar surface area (TPSA) is 77.2 Å². The molecule has 0 spiro atoms. The zero-order valence-corrected chi connectivity index (χ0v) is 12.9. The van der Waals surface area contributed by atoms with Crippen molar-refractivity contribution in [3.8, 4) is 0 Å². The molecule has 0 bridgehead atoms. The SMILES string of the molecule is CS(=O)(=O)CCCCc1cc(C(N)=O)cc(Br)c1F. The first-order valence-electron chi connectivity index (χ1n) is 5.66. The highest BCUT2D eigenvalue weighted by molar-refractivity contribution is 9.10. The molecule has 0 aromatic heterocycles. The van der Waals surface area contributed by atoms with Gasteiger partial charge < -0.3 is 5.73 Å². The monoisotopic (exact) mass is 351 g/mol. The number of sulfone groups is 1. The molecule has 0 unspecified atom stereocenters. The lowest BCUT2D eigenvalue weighted by atomic mass is 10.0.